The predicted molar refractivity (Wildman–Crippen MR) is 68.7 cm³/mol. The van der Waals surface area contributed by atoms with Gasteiger partial charge in [-0.2, -0.15) is 0 Å². The summed E-state index contributed by atoms with van der Waals surface area (Å²) < 4.78 is 5.68. The Labute approximate surface area is 98.1 Å². The van der Waals surface area contributed by atoms with Gasteiger partial charge < -0.3 is 10.5 Å². The third-order valence-corrected chi connectivity index (χ3v) is 2.44. The van der Waals surface area contributed by atoms with Crippen LogP contribution in [-0.4, -0.2) is 6.61 Å². The highest BCUT2D eigenvalue weighted by Crippen LogP contribution is 2.23. The molecule has 0 saturated heterocycles. The van der Waals surface area contributed by atoms with Crippen molar-refractivity contribution < 1.29 is 4.74 Å². The van der Waals surface area contributed by atoms with Crippen molar-refractivity contribution in [2.24, 2.45) is 5.73 Å². The van der Waals surface area contributed by atoms with E-state index in [9.17, 15) is 0 Å². The molecule has 0 saturated carbocycles. The van der Waals surface area contributed by atoms with Crippen LogP contribution in [0.5, 0.6) is 5.75 Å². The lowest BCUT2D eigenvalue weighted by Gasteiger charge is -2.13. The van der Waals surface area contributed by atoms with Crippen LogP contribution in [-0.2, 0) is 6.42 Å². The Morgan fingerprint density at radius 3 is 2.81 bits per heavy atom. The monoisotopic (exact) mass is 219 g/mol. The molecule has 0 bridgehead atoms. The fourth-order valence-electron chi connectivity index (χ4n) is 1.55. The Bertz CT molecular complexity index is 345. The summed E-state index contributed by atoms with van der Waals surface area (Å²) in [6, 6.07) is 6.20. The van der Waals surface area contributed by atoms with Gasteiger partial charge in [0.1, 0.15) is 5.75 Å². The average molecular weight is 219 g/mol. The molecule has 1 atom stereocenters. The normalized spacial score (nSPS) is 12.2. The first-order valence-corrected chi connectivity index (χ1v) is 5.81. The highest BCUT2D eigenvalue weighted by Gasteiger charge is 2.06. The van der Waals surface area contributed by atoms with E-state index in [-0.39, 0.29) is 6.04 Å². The number of rotatable bonds is 6. The second-order valence-corrected chi connectivity index (χ2v) is 4.00. The maximum atomic E-state index is 5.86. The van der Waals surface area contributed by atoms with E-state index in [0.717, 1.165) is 30.8 Å². The van der Waals surface area contributed by atoms with Crippen LogP contribution in [0.3, 0.4) is 0 Å². The molecule has 2 heteroatoms. The van der Waals surface area contributed by atoms with Gasteiger partial charge in [-0.3, -0.25) is 0 Å². The molecule has 1 unspecified atom stereocenters. The Balaban J connectivity index is 2.94. The van der Waals surface area contributed by atoms with Gasteiger partial charge in [-0.15, -0.1) is 6.58 Å². The maximum Gasteiger partial charge on any atom is 0.122 e. The van der Waals surface area contributed by atoms with Crippen molar-refractivity contribution in [2.75, 3.05) is 6.61 Å². The van der Waals surface area contributed by atoms with Gasteiger partial charge in [-0.25, -0.2) is 0 Å². The molecular weight excluding hydrogens is 198 g/mol. The molecule has 0 heterocycles. The summed E-state index contributed by atoms with van der Waals surface area (Å²) in [6.07, 6.45) is 3.72. The molecule has 0 aliphatic rings. The quantitative estimate of drug-likeness (QED) is 0.745. The molecule has 1 rings (SSSR count). The van der Waals surface area contributed by atoms with Crippen molar-refractivity contribution in [1.82, 2.24) is 0 Å². The summed E-state index contributed by atoms with van der Waals surface area (Å²) >= 11 is 0. The van der Waals surface area contributed by atoms with Crippen LogP contribution < -0.4 is 10.5 Å². The van der Waals surface area contributed by atoms with Crippen LogP contribution in [0.25, 0.3) is 0 Å². The second kappa shape index (κ2) is 6.33. The number of nitrogens with two attached hydrogens (primary N) is 1. The van der Waals surface area contributed by atoms with Gasteiger partial charge in [0.15, 0.2) is 0 Å². The van der Waals surface area contributed by atoms with Crippen molar-refractivity contribution in [1.29, 1.82) is 0 Å². The van der Waals surface area contributed by atoms with Crippen LogP contribution in [0.15, 0.2) is 30.9 Å². The van der Waals surface area contributed by atoms with E-state index in [1.54, 1.807) is 0 Å². The Kier molecular flexibility index (Phi) is 5.06. The van der Waals surface area contributed by atoms with Gasteiger partial charge in [0.05, 0.1) is 6.61 Å². The van der Waals surface area contributed by atoms with E-state index in [1.807, 2.05) is 25.1 Å². The second-order valence-electron chi connectivity index (χ2n) is 4.00. The topological polar surface area (TPSA) is 35.2 Å². The van der Waals surface area contributed by atoms with Crippen molar-refractivity contribution in [3.05, 3.63) is 42.0 Å². The van der Waals surface area contributed by atoms with Crippen LogP contribution in [0.1, 0.15) is 37.4 Å². The molecule has 1 aromatic carbocycles. The molecule has 0 amide bonds. The highest BCUT2D eigenvalue weighted by atomic mass is 16.5. The zero-order valence-electron chi connectivity index (χ0n) is 10.2. The van der Waals surface area contributed by atoms with Crippen molar-refractivity contribution in [3.63, 3.8) is 0 Å². The largest absolute Gasteiger partial charge is 0.493 e. The minimum Gasteiger partial charge on any atom is -0.493 e. The van der Waals surface area contributed by atoms with E-state index < -0.39 is 0 Å². The minimum atomic E-state index is 0.0591. The van der Waals surface area contributed by atoms with Crippen molar-refractivity contribution in [3.8, 4) is 5.75 Å². The van der Waals surface area contributed by atoms with Crippen molar-refractivity contribution >= 4 is 0 Å². The molecule has 0 aliphatic carbocycles. The lowest BCUT2D eigenvalue weighted by Crippen LogP contribution is -2.06. The molecule has 0 aromatic heterocycles. The first-order valence-electron chi connectivity index (χ1n) is 5.81. The molecule has 0 radical (unpaired) electrons. The van der Waals surface area contributed by atoms with Crippen molar-refractivity contribution in [2.45, 2.75) is 32.7 Å². The minimum absolute atomic E-state index is 0.0591. The predicted octanol–water partition coefficient (Wildman–Crippen LogP) is 3.22. The van der Waals surface area contributed by atoms with Gasteiger partial charge in [-0.1, -0.05) is 25.1 Å². The molecule has 2 N–H and O–H groups in total. The average Bonchev–Trinajstić information content (AvgIpc) is 2.27. The summed E-state index contributed by atoms with van der Waals surface area (Å²) in [4.78, 5) is 0. The SMILES string of the molecule is C=CCc1cc(C(C)N)ccc1OCCC. The molecule has 1 aromatic rings. The summed E-state index contributed by atoms with van der Waals surface area (Å²) in [5, 5.41) is 0. The lowest BCUT2D eigenvalue weighted by atomic mass is 10.0. The van der Waals surface area contributed by atoms with Crippen LogP contribution in [0.4, 0.5) is 0 Å². The van der Waals surface area contributed by atoms with Gasteiger partial charge in [0.25, 0.3) is 0 Å². The number of allylic oxidation sites excluding steroid dienone is 1. The summed E-state index contributed by atoms with van der Waals surface area (Å²) in [6.45, 7) is 8.60. The highest BCUT2D eigenvalue weighted by molar-refractivity contribution is 5.39. The molecule has 0 spiro atoms. The fraction of sp³-hybridized carbons (Fsp3) is 0.429. The maximum absolute atomic E-state index is 5.86. The summed E-state index contributed by atoms with van der Waals surface area (Å²) in [7, 11) is 0. The van der Waals surface area contributed by atoms with Crippen LogP contribution in [0.2, 0.25) is 0 Å². The Morgan fingerprint density at radius 1 is 1.50 bits per heavy atom. The number of benzene rings is 1. The molecule has 16 heavy (non-hydrogen) atoms. The zero-order valence-corrected chi connectivity index (χ0v) is 10.2. The standard InChI is InChI=1S/C14H21NO/c1-4-6-13-10-12(11(3)15)7-8-14(13)16-9-5-2/h4,7-8,10-11H,1,5-6,9,15H2,2-3H3. The zero-order chi connectivity index (χ0) is 12.0. The summed E-state index contributed by atoms with van der Waals surface area (Å²) in [5.41, 5.74) is 8.17. The smallest absolute Gasteiger partial charge is 0.122 e. The Hall–Kier alpha value is -1.28. The number of hydrogen-bond acceptors (Lipinski definition) is 2. The number of hydrogen-bond donors (Lipinski definition) is 1. The third kappa shape index (κ3) is 3.38. The first kappa shape index (κ1) is 12.8. The molecule has 88 valence electrons. The lowest BCUT2D eigenvalue weighted by molar-refractivity contribution is 0.314. The van der Waals surface area contributed by atoms with E-state index >= 15 is 0 Å². The van der Waals surface area contributed by atoms with Gasteiger partial charge in [0, 0.05) is 6.04 Å². The van der Waals surface area contributed by atoms with E-state index in [0.29, 0.717) is 0 Å². The van der Waals surface area contributed by atoms with E-state index in [2.05, 4.69) is 19.6 Å². The van der Waals surface area contributed by atoms with Crippen LogP contribution >= 0.6 is 0 Å². The van der Waals surface area contributed by atoms with Gasteiger partial charge >= 0.3 is 0 Å². The van der Waals surface area contributed by atoms with Crippen LogP contribution in [0, 0.1) is 0 Å². The molecular formula is C14H21NO. The molecule has 0 fully saturated rings. The molecule has 2 nitrogen and oxygen atoms in total. The van der Waals surface area contributed by atoms with E-state index in [1.165, 1.54) is 5.56 Å². The van der Waals surface area contributed by atoms with E-state index in [4.69, 9.17) is 10.5 Å². The van der Waals surface area contributed by atoms with Gasteiger partial charge in [-0.05, 0) is 37.0 Å². The summed E-state index contributed by atoms with van der Waals surface area (Å²) in [5.74, 6) is 0.950. The third-order valence-electron chi connectivity index (χ3n) is 2.44. The first-order chi connectivity index (χ1) is 7.69. The Morgan fingerprint density at radius 2 is 2.25 bits per heavy atom. The molecule has 0 aliphatic heterocycles. The fourth-order valence-corrected chi connectivity index (χ4v) is 1.55. The number of ether oxygens (including phenoxy) is 1. The van der Waals surface area contributed by atoms with Gasteiger partial charge in [0.2, 0.25) is 0 Å².